The number of benzene rings is 1. The van der Waals surface area contributed by atoms with Crippen molar-refractivity contribution >= 4 is 11.7 Å². The molecule has 138 valence electrons. The summed E-state index contributed by atoms with van der Waals surface area (Å²) in [4.78, 5) is 18.8. The van der Waals surface area contributed by atoms with E-state index in [4.69, 9.17) is 4.74 Å². The first-order chi connectivity index (χ1) is 12.6. The van der Waals surface area contributed by atoms with E-state index in [1.807, 2.05) is 38.2 Å². The predicted molar refractivity (Wildman–Crippen MR) is 104 cm³/mol. The van der Waals surface area contributed by atoms with Crippen LogP contribution in [0.15, 0.2) is 36.5 Å². The summed E-state index contributed by atoms with van der Waals surface area (Å²) in [5, 5.41) is 2.96. The lowest BCUT2D eigenvalue weighted by Gasteiger charge is -2.17. The van der Waals surface area contributed by atoms with Gasteiger partial charge in [0.15, 0.2) is 0 Å². The highest BCUT2D eigenvalue weighted by Crippen LogP contribution is 2.20. The van der Waals surface area contributed by atoms with Gasteiger partial charge < -0.3 is 15.0 Å². The molecular weight excluding hydrogens is 326 g/mol. The first kappa shape index (κ1) is 18.2. The second-order valence-electron chi connectivity index (χ2n) is 6.86. The molecule has 0 radical (unpaired) electrons. The summed E-state index contributed by atoms with van der Waals surface area (Å²) in [6.07, 6.45) is 4.61. The number of anilines is 1. The fourth-order valence-electron chi connectivity index (χ4n) is 3.10. The predicted octanol–water partition coefficient (Wildman–Crippen LogP) is 3.38. The van der Waals surface area contributed by atoms with Gasteiger partial charge in [0.05, 0.1) is 13.0 Å². The Balaban J connectivity index is 1.44. The number of pyridine rings is 1. The van der Waals surface area contributed by atoms with Gasteiger partial charge in [-0.1, -0.05) is 12.1 Å². The molecular formula is C21H27N3O2. The second kappa shape index (κ2) is 8.70. The topological polar surface area (TPSA) is 54.5 Å². The molecule has 1 saturated heterocycles. The molecule has 0 spiro atoms. The number of amides is 1. The van der Waals surface area contributed by atoms with Gasteiger partial charge in [0.25, 0.3) is 0 Å². The highest BCUT2D eigenvalue weighted by Gasteiger charge is 2.13. The number of carbonyl (C=O) groups is 1. The summed E-state index contributed by atoms with van der Waals surface area (Å²) in [5.74, 6) is 1.85. The van der Waals surface area contributed by atoms with Gasteiger partial charge in [-0.25, -0.2) is 4.98 Å². The Morgan fingerprint density at radius 2 is 2.00 bits per heavy atom. The zero-order valence-electron chi connectivity index (χ0n) is 15.6. The van der Waals surface area contributed by atoms with Crippen LogP contribution in [0.3, 0.4) is 0 Å². The molecule has 5 nitrogen and oxygen atoms in total. The van der Waals surface area contributed by atoms with E-state index in [1.54, 1.807) is 0 Å². The summed E-state index contributed by atoms with van der Waals surface area (Å²) < 4.78 is 5.75. The van der Waals surface area contributed by atoms with E-state index in [0.29, 0.717) is 19.6 Å². The molecule has 0 saturated carbocycles. The van der Waals surface area contributed by atoms with Crippen molar-refractivity contribution < 1.29 is 9.53 Å². The van der Waals surface area contributed by atoms with E-state index in [1.165, 1.54) is 12.8 Å². The van der Waals surface area contributed by atoms with Crippen LogP contribution in [0, 0.1) is 13.8 Å². The van der Waals surface area contributed by atoms with Gasteiger partial charge in [-0.2, -0.15) is 0 Å². The Morgan fingerprint density at radius 1 is 1.19 bits per heavy atom. The number of nitrogens with zero attached hydrogens (tertiary/aromatic N) is 2. The first-order valence-corrected chi connectivity index (χ1v) is 9.28. The van der Waals surface area contributed by atoms with Crippen molar-refractivity contribution in [1.29, 1.82) is 0 Å². The molecule has 1 aliphatic heterocycles. The zero-order chi connectivity index (χ0) is 18.4. The minimum absolute atomic E-state index is 0.00478. The average Bonchev–Trinajstić information content (AvgIpc) is 3.18. The molecule has 1 aromatic carbocycles. The van der Waals surface area contributed by atoms with Crippen molar-refractivity contribution in [2.75, 3.05) is 24.6 Å². The molecule has 1 aliphatic rings. The van der Waals surface area contributed by atoms with Crippen LogP contribution in [0.4, 0.5) is 5.82 Å². The molecule has 5 heteroatoms. The summed E-state index contributed by atoms with van der Waals surface area (Å²) >= 11 is 0. The van der Waals surface area contributed by atoms with Gasteiger partial charge in [0.2, 0.25) is 5.91 Å². The van der Waals surface area contributed by atoms with E-state index in [-0.39, 0.29) is 5.91 Å². The van der Waals surface area contributed by atoms with Gasteiger partial charge in [0.1, 0.15) is 11.6 Å². The zero-order valence-corrected chi connectivity index (χ0v) is 15.6. The minimum atomic E-state index is -0.00478. The number of hydrogen-bond acceptors (Lipinski definition) is 4. The van der Waals surface area contributed by atoms with Crippen LogP contribution in [-0.2, 0) is 11.3 Å². The van der Waals surface area contributed by atoms with Crippen LogP contribution in [0.2, 0.25) is 0 Å². The van der Waals surface area contributed by atoms with Crippen molar-refractivity contribution in [2.24, 2.45) is 0 Å². The third-order valence-corrected chi connectivity index (χ3v) is 4.66. The van der Waals surface area contributed by atoms with Crippen LogP contribution in [-0.4, -0.2) is 30.6 Å². The molecule has 0 bridgehead atoms. The number of aromatic nitrogens is 1. The molecule has 2 aromatic rings. The van der Waals surface area contributed by atoms with Crippen molar-refractivity contribution in [3.63, 3.8) is 0 Å². The minimum Gasteiger partial charge on any atom is -0.493 e. The molecule has 1 amide bonds. The third kappa shape index (κ3) is 4.97. The van der Waals surface area contributed by atoms with Gasteiger partial charge in [-0.05, 0) is 61.6 Å². The molecule has 0 atom stereocenters. The number of nitrogens with one attached hydrogen (secondary N) is 1. The summed E-state index contributed by atoms with van der Waals surface area (Å²) in [7, 11) is 0. The molecule has 0 aliphatic carbocycles. The maximum Gasteiger partial charge on any atom is 0.223 e. The number of aryl methyl sites for hydroxylation is 2. The molecule has 1 aromatic heterocycles. The Bertz CT molecular complexity index is 755. The molecule has 1 fully saturated rings. The molecule has 1 N–H and O–H groups in total. The Kier molecular flexibility index (Phi) is 6.10. The monoisotopic (exact) mass is 353 g/mol. The standard InChI is InChI=1S/C21H27N3O2/c1-16-5-6-17(2)19(13-16)26-12-8-21(25)23-15-18-7-9-22-20(14-18)24-10-3-4-11-24/h5-7,9,13-14H,3-4,8,10-12,15H2,1-2H3,(H,23,25). The second-order valence-corrected chi connectivity index (χ2v) is 6.86. The highest BCUT2D eigenvalue weighted by atomic mass is 16.5. The Hall–Kier alpha value is -2.56. The lowest BCUT2D eigenvalue weighted by Crippen LogP contribution is -2.25. The normalized spacial score (nSPS) is 13.7. The lowest BCUT2D eigenvalue weighted by molar-refractivity contribution is -0.121. The quantitative estimate of drug-likeness (QED) is 0.829. The van der Waals surface area contributed by atoms with Crippen molar-refractivity contribution in [3.05, 3.63) is 53.2 Å². The van der Waals surface area contributed by atoms with Crippen molar-refractivity contribution in [3.8, 4) is 5.75 Å². The first-order valence-electron chi connectivity index (χ1n) is 9.28. The van der Waals surface area contributed by atoms with E-state index in [0.717, 1.165) is 41.3 Å². The van der Waals surface area contributed by atoms with Gasteiger partial charge in [-0.3, -0.25) is 4.79 Å². The molecule has 3 rings (SSSR count). The smallest absolute Gasteiger partial charge is 0.223 e. The van der Waals surface area contributed by atoms with Gasteiger partial charge in [0, 0.05) is 25.8 Å². The largest absolute Gasteiger partial charge is 0.493 e. The molecule has 2 heterocycles. The summed E-state index contributed by atoms with van der Waals surface area (Å²) in [6, 6.07) is 10.1. The van der Waals surface area contributed by atoms with Crippen LogP contribution in [0.1, 0.15) is 36.0 Å². The van der Waals surface area contributed by atoms with Gasteiger partial charge in [-0.15, -0.1) is 0 Å². The van der Waals surface area contributed by atoms with Gasteiger partial charge >= 0.3 is 0 Å². The van der Waals surface area contributed by atoms with Crippen LogP contribution in [0.25, 0.3) is 0 Å². The van der Waals surface area contributed by atoms with Crippen LogP contribution in [0.5, 0.6) is 5.75 Å². The number of rotatable bonds is 7. The van der Waals surface area contributed by atoms with Crippen LogP contribution >= 0.6 is 0 Å². The number of ether oxygens (including phenoxy) is 1. The SMILES string of the molecule is Cc1ccc(C)c(OCCC(=O)NCc2ccnc(N3CCCC3)c2)c1. The lowest BCUT2D eigenvalue weighted by atomic mass is 10.1. The Morgan fingerprint density at radius 3 is 2.81 bits per heavy atom. The molecule has 0 unspecified atom stereocenters. The van der Waals surface area contributed by atoms with E-state index >= 15 is 0 Å². The highest BCUT2D eigenvalue weighted by molar-refractivity contribution is 5.76. The Labute approximate surface area is 155 Å². The number of carbonyl (C=O) groups excluding carboxylic acids is 1. The maximum atomic E-state index is 12.1. The van der Waals surface area contributed by atoms with E-state index < -0.39 is 0 Å². The molecule has 26 heavy (non-hydrogen) atoms. The number of hydrogen-bond donors (Lipinski definition) is 1. The van der Waals surface area contributed by atoms with E-state index in [9.17, 15) is 4.79 Å². The summed E-state index contributed by atoms with van der Waals surface area (Å²) in [5.41, 5.74) is 3.31. The fraction of sp³-hybridized carbons (Fsp3) is 0.429. The van der Waals surface area contributed by atoms with Crippen LogP contribution < -0.4 is 15.0 Å². The maximum absolute atomic E-state index is 12.1. The summed E-state index contributed by atoms with van der Waals surface area (Å²) in [6.45, 7) is 7.08. The third-order valence-electron chi connectivity index (χ3n) is 4.66. The van der Waals surface area contributed by atoms with E-state index in [2.05, 4.69) is 27.3 Å². The fourth-order valence-corrected chi connectivity index (χ4v) is 3.10. The van der Waals surface area contributed by atoms with Crippen molar-refractivity contribution in [2.45, 2.75) is 39.7 Å². The van der Waals surface area contributed by atoms with Crippen molar-refractivity contribution in [1.82, 2.24) is 10.3 Å². The average molecular weight is 353 g/mol.